The summed E-state index contributed by atoms with van der Waals surface area (Å²) in [6.07, 6.45) is -2.08. The van der Waals surface area contributed by atoms with Crippen LogP contribution in [-0.2, 0) is 30.5 Å². The molecule has 112 valence electrons. The van der Waals surface area contributed by atoms with Gasteiger partial charge in [-0.3, -0.25) is 9.63 Å². The molecule has 1 aliphatic rings. The number of methoxy groups -OCH3 is 1. The van der Waals surface area contributed by atoms with E-state index in [1.54, 1.807) is 12.1 Å². The van der Waals surface area contributed by atoms with Crippen LogP contribution in [0.3, 0.4) is 0 Å². The van der Waals surface area contributed by atoms with Gasteiger partial charge in [-0.15, -0.1) is 0 Å². The average molecular weight is 294 g/mol. The van der Waals surface area contributed by atoms with Gasteiger partial charge < -0.3 is 14.8 Å². The van der Waals surface area contributed by atoms with Crippen LogP contribution >= 0.6 is 0 Å². The van der Waals surface area contributed by atoms with Crippen molar-refractivity contribution in [3.05, 3.63) is 35.9 Å². The van der Waals surface area contributed by atoms with Gasteiger partial charge in [0.1, 0.15) is 6.61 Å². The van der Waals surface area contributed by atoms with Gasteiger partial charge in [0.15, 0.2) is 6.04 Å². The molecule has 0 aliphatic carbocycles. The summed E-state index contributed by atoms with van der Waals surface area (Å²) in [6, 6.07) is 7.83. The van der Waals surface area contributed by atoms with E-state index in [2.05, 4.69) is 10.1 Å². The molecule has 0 saturated carbocycles. The monoisotopic (exact) mass is 294 g/mol. The molecule has 0 radical (unpaired) electrons. The van der Waals surface area contributed by atoms with Gasteiger partial charge in [-0.1, -0.05) is 30.3 Å². The second-order valence-corrected chi connectivity index (χ2v) is 4.21. The Morgan fingerprint density at radius 2 is 2.05 bits per heavy atom. The van der Waals surface area contributed by atoms with Crippen LogP contribution in [0.15, 0.2) is 30.3 Å². The largest absolute Gasteiger partial charge is 0.467 e. The molecule has 2 N–H and O–H groups in total. The zero-order valence-electron chi connectivity index (χ0n) is 11.2. The molecule has 1 saturated heterocycles. The number of rotatable bonds is 4. The fourth-order valence-electron chi connectivity index (χ4n) is 1.72. The lowest BCUT2D eigenvalue weighted by atomic mass is 10.1. The maximum absolute atomic E-state index is 11.7. The van der Waals surface area contributed by atoms with Crippen molar-refractivity contribution in [1.29, 1.82) is 0 Å². The van der Waals surface area contributed by atoms with E-state index in [0.717, 1.165) is 12.7 Å². The zero-order chi connectivity index (χ0) is 15.2. The number of carbonyl (C=O) groups excluding carboxylic acids is 3. The smallest absolute Gasteiger partial charge is 0.408 e. The van der Waals surface area contributed by atoms with Gasteiger partial charge in [-0.25, -0.2) is 15.1 Å². The first-order chi connectivity index (χ1) is 10.1. The van der Waals surface area contributed by atoms with Gasteiger partial charge in [0.2, 0.25) is 6.10 Å². The molecule has 2 atom stereocenters. The second kappa shape index (κ2) is 6.71. The minimum atomic E-state index is -1.24. The Kier molecular flexibility index (Phi) is 4.72. The van der Waals surface area contributed by atoms with Crippen molar-refractivity contribution in [2.45, 2.75) is 18.8 Å². The third-order valence-corrected chi connectivity index (χ3v) is 2.79. The van der Waals surface area contributed by atoms with Crippen LogP contribution in [0.1, 0.15) is 5.56 Å². The van der Waals surface area contributed by atoms with Crippen molar-refractivity contribution in [3.8, 4) is 0 Å². The molecule has 1 aliphatic heterocycles. The van der Waals surface area contributed by atoms with Gasteiger partial charge in [0, 0.05) is 0 Å². The molecule has 8 heteroatoms. The topological polar surface area (TPSA) is 103 Å². The molecule has 0 aromatic heterocycles. The predicted molar refractivity (Wildman–Crippen MR) is 68.6 cm³/mol. The number of alkyl carbamates (subject to hydrolysis) is 1. The maximum Gasteiger partial charge on any atom is 0.408 e. The molecule has 1 heterocycles. The quantitative estimate of drug-likeness (QED) is 0.751. The highest BCUT2D eigenvalue weighted by Crippen LogP contribution is 2.09. The SMILES string of the molecule is COC(=O)[C@@H]1ONC(=O)[C@H]1NC(=O)OCc1ccccc1. The first kappa shape index (κ1) is 14.8. The molecule has 1 aromatic carbocycles. The standard InChI is InChI=1S/C13H14N2O6/c1-19-12(17)10-9(11(16)15-21-10)14-13(18)20-7-8-5-3-2-4-6-8/h2-6,9-10H,7H2,1H3,(H,14,18)(H,15,16)/t9-,10+/m0/s1. The van der Waals surface area contributed by atoms with Gasteiger partial charge in [0.05, 0.1) is 7.11 Å². The fraction of sp³-hybridized carbons (Fsp3) is 0.308. The summed E-state index contributed by atoms with van der Waals surface area (Å²) < 4.78 is 9.44. The van der Waals surface area contributed by atoms with E-state index < -0.39 is 30.1 Å². The number of hydrogen-bond donors (Lipinski definition) is 2. The molecular weight excluding hydrogens is 280 g/mol. The highest BCUT2D eigenvalue weighted by molar-refractivity contribution is 5.93. The Bertz CT molecular complexity index is 533. The number of esters is 1. The minimum absolute atomic E-state index is 0.0464. The molecule has 0 unspecified atom stereocenters. The van der Waals surface area contributed by atoms with Crippen molar-refractivity contribution in [2.75, 3.05) is 7.11 Å². The normalized spacial score (nSPS) is 20.5. The van der Waals surface area contributed by atoms with Crippen LogP contribution in [0.2, 0.25) is 0 Å². The third-order valence-electron chi connectivity index (χ3n) is 2.79. The number of amides is 2. The molecule has 8 nitrogen and oxygen atoms in total. The summed E-state index contributed by atoms with van der Waals surface area (Å²) in [6.45, 7) is 0.0464. The van der Waals surface area contributed by atoms with Crippen molar-refractivity contribution in [1.82, 2.24) is 10.8 Å². The number of ether oxygens (including phenoxy) is 2. The molecule has 2 rings (SSSR count). The van der Waals surface area contributed by atoms with Crippen molar-refractivity contribution in [3.63, 3.8) is 0 Å². The van der Waals surface area contributed by atoms with Crippen molar-refractivity contribution in [2.24, 2.45) is 0 Å². The molecule has 0 spiro atoms. The van der Waals surface area contributed by atoms with Crippen LogP contribution < -0.4 is 10.8 Å². The molecule has 1 aromatic rings. The Hall–Kier alpha value is -2.61. The Labute approximate surface area is 120 Å². The summed E-state index contributed by atoms with van der Waals surface area (Å²) in [5.41, 5.74) is 2.80. The molecule has 2 amide bonds. The summed E-state index contributed by atoms with van der Waals surface area (Å²) in [4.78, 5) is 39.3. The zero-order valence-corrected chi connectivity index (χ0v) is 11.2. The number of carbonyl (C=O) groups is 3. The fourth-order valence-corrected chi connectivity index (χ4v) is 1.72. The molecular formula is C13H14N2O6. The summed E-state index contributed by atoms with van der Waals surface area (Å²) in [5, 5.41) is 2.27. The van der Waals surface area contributed by atoms with Crippen molar-refractivity contribution >= 4 is 18.0 Å². The highest BCUT2D eigenvalue weighted by Gasteiger charge is 2.43. The van der Waals surface area contributed by atoms with E-state index >= 15 is 0 Å². The van der Waals surface area contributed by atoms with Crippen LogP contribution in [0, 0.1) is 0 Å². The molecule has 0 bridgehead atoms. The van der Waals surface area contributed by atoms with Crippen LogP contribution in [0.5, 0.6) is 0 Å². The first-order valence-electron chi connectivity index (χ1n) is 6.12. The summed E-state index contributed by atoms with van der Waals surface area (Å²) in [7, 11) is 1.15. The highest BCUT2D eigenvalue weighted by atomic mass is 16.7. The van der Waals surface area contributed by atoms with Gasteiger partial charge >= 0.3 is 12.1 Å². The molecule has 21 heavy (non-hydrogen) atoms. The predicted octanol–water partition coefficient (Wildman–Crippen LogP) is -0.116. The summed E-state index contributed by atoms with van der Waals surface area (Å²) >= 11 is 0. The van der Waals surface area contributed by atoms with E-state index in [9.17, 15) is 14.4 Å². The van der Waals surface area contributed by atoms with E-state index in [0.29, 0.717) is 0 Å². The van der Waals surface area contributed by atoms with Gasteiger partial charge in [-0.2, -0.15) is 0 Å². The van der Waals surface area contributed by atoms with Crippen molar-refractivity contribution < 1.29 is 28.7 Å². The lowest BCUT2D eigenvalue weighted by molar-refractivity contribution is -0.154. The van der Waals surface area contributed by atoms with Gasteiger partial charge in [-0.05, 0) is 5.56 Å². The number of hydroxylamine groups is 1. The summed E-state index contributed by atoms with van der Waals surface area (Å²) in [5.74, 6) is -1.43. The number of nitrogens with one attached hydrogen (secondary N) is 2. The van der Waals surface area contributed by atoms with Gasteiger partial charge in [0.25, 0.3) is 5.91 Å². The van der Waals surface area contributed by atoms with Crippen LogP contribution in [0.25, 0.3) is 0 Å². The number of hydrogen-bond acceptors (Lipinski definition) is 6. The Balaban J connectivity index is 1.89. The van der Waals surface area contributed by atoms with E-state index in [-0.39, 0.29) is 6.61 Å². The lowest BCUT2D eigenvalue weighted by Gasteiger charge is -2.14. The Morgan fingerprint density at radius 3 is 2.71 bits per heavy atom. The van der Waals surface area contributed by atoms with Crippen LogP contribution in [0.4, 0.5) is 4.79 Å². The molecule has 1 fully saturated rings. The van der Waals surface area contributed by atoms with E-state index in [1.165, 1.54) is 0 Å². The third kappa shape index (κ3) is 3.69. The van der Waals surface area contributed by atoms with Crippen LogP contribution in [-0.4, -0.2) is 37.2 Å². The van der Waals surface area contributed by atoms with E-state index in [4.69, 9.17) is 9.57 Å². The minimum Gasteiger partial charge on any atom is -0.467 e. The lowest BCUT2D eigenvalue weighted by Crippen LogP contribution is -2.48. The first-order valence-corrected chi connectivity index (χ1v) is 6.12. The van der Waals surface area contributed by atoms with E-state index in [1.807, 2.05) is 23.7 Å². The second-order valence-electron chi connectivity index (χ2n) is 4.21. The average Bonchev–Trinajstić information content (AvgIpc) is 2.86. The maximum atomic E-state index is 11.7. The Morgan fingerprint density at radius 1 is 1.33 bits per heavy atom. The number of benzene rings is 1.